The summed E-state index contributed by atoms with van der Waals surface area (Å²) in [5.74, 6) is 1.38. The number of benzene rings is 2. The molecule has 0 aromatic heterocycles. The van der Waals surface area contributed by atoms with E-state index in [9.17, 15) is 0 Å². The fourth-order valence-corrected chi connectivity index (χ4v) is 1.52. The summed E-state index contributed by atoms with van der Waals surface area (Å²) in [4.78, 5) is 0. The Morgan fingerprint density at radius 2 is 1.82 bits per heavy atom. The Balaban J connectivity index is 2.04. The second-order valence-corrected chi connectivity index (χ2v) is 3.68. The van der Waals surface area contributed by atoms with Crippen molar-refractivity contribution in [2.45, 2.75) is 6.61 Å². The van der Waals surface area contributed by atoms with Gasteiger partial charge in [-0.05, 0) is 11.6 Å². The van der Waals surface area contributed by atoms with E-state index in [4.69, 9.17) is 17.3 Å². The molecule has 0 unspecified atom stereocenters. The van der Waals surface area contributed by atoms with Crippen LogP contribution in [-0.2, 0) is 6.61 Å². The number of ether oxygens (including phenoxy) is 2. The molecule has 17 heavy (non-hydrogen) atoms. The first kappa shape index (κ1) is 11.6. The highest BCUT2D eigenvalue weighted by molar-refractivity contribution is 6.34. The van der Waals surface area contributed by atoms with Crippen LogP contribution >= 0.6 is 0 Å². The first-order valence-corrected chi connectivity index (χ1v) is 5.40. The average molecular weight is 224 g/mol. The van der Waals surface area contributed by atoms with Crippen molar-refractivity contribution in [2.24, 2.45) is 0 Å². The average Bonchev–Trinajstić information content (AvgIpc) is 2.39. The summed E-state index contributed by atoms with van der Waals surface area (Å²) < 4.78 is 10.8. The summed E-state index contributed by atoms with van der Waals surface area (Å²) >= 11 is 0. The molecular weight excluding hydrogens is 211 g/mol. The molecule has 2 nitrogen and oxygen atoms in total. The Labute approximate surface area is 103 Å². The Morgan fingerprint density at radius 1 is 1.06 bits per heavy atom. The number of rotatable bonds is 4. The monoisotopic (exact) mass is 224 g/mol. The molecule has 0 aliphatic carbocycles. The zero-order valence-corrected chi connectivity index (χ0v) is 9.72. The first-order valence-electron chi connectivity index (χ1n) is 5.40. The number of methoxy groups -OCH3 is 1. The standard InChI is InChI=1S/C14H13BO2/c1-16-14-9-12(7-8-13(14)15)17-10-11-5-3-2-4-6-11/h2-9H,10H2,1H3. The normalized spacial score (nSPS) is 9.94. The minimum atomic E-state index is 0.536. The van der Waals surface area contributed by atoms with Crippen LogP contribution in [0.4, 0.5) is 0 Å². The molecule has 0 saturated carbocycles. The summed E-state index contributed by atoms with van der Waals surface area (Å²) in [6.45, 7) is 0.536. The number of hydrogen-bond acceptors (Lipinski definition) is 2. The van der Waals surface area contributed by atoms with Crippen molar-refractivity contribution in [1.82, 2.24) is 0 Å². The second-order valence-electron chi connectivity index (χ2n) is 3.68. The van der Waals surface area contributed by atoms with E-state index in [2.05, 4.69) is 0 Å². The van der Waals surface area contributed by atoms with Gasteiger partial charge >= 0.3 is 0 Å². The highest BCUT2D eigenvalue weighted by Crippen LogP contribution is 2.17. The van der Waals surface area contributed by atoms with Gasteiger partial charge in [-0.15, -0.1) is 0 Å². The quantitative estimate of drug-likeness (QED) is 0.740. The van der Waals surface area contributed by atoms with Gasteiger partial charge in [0.15, 0.2) is 0 Å². The summed E-state index contributed by atoms with van der Waals surface area (Å²) in [5, 5.41) is 0. The Bertz CT molecular complexity index is 483. The van der Waals surface area contributed by atoms with E-state index in [0.29, 0.717) is 17.8 Å². The molecule has 2 rings (SSSR count). The van der Waals surface area contributed by atoms with Crippen LogP contribution in [0.15, 0.2) is 48.5 Å². The molecule has 2 radical (unpaired) electrons. The van der Waals surface area contributed by atoms with Crippen molar-refractivity contribution >= 4 is 13.3 Å². The van der Waals surface area contributed by atoms with E-state index in [0.717, 1.165) is 11.3 Å². The van der Waals surface area contributed by atoms with Gasteiger partial charge in [0, 0.05) is 6.07 Å². The molecule has 0 aliphatic rings. The molecule has 0 N–H and O–H groups in total. The fourth-order valence-electron chi connectivity index (χ4n) is 1.52. The van der Waals surface area contributed by atoms with Crippen LogP contribution in [0.25, 0.3) is 0 Å². The maximum absolute atomic E-state index is 5.73. The lowest BCUT2D eigenvalue weighted by molar-refractivity contribution is 0.304. The van der Waals surface area contributed by atoms with E-state index < -0.39 is 0 Å². The van der Waals surface area contributed by atoms with E-state index in [1.165, 1.54) is 0 Å². The van der Waals surface area contributed by atoms with Crippen molar-refractivity contribution in [3.63, 3.8) is 0 Å². The van der Waals surface area contributed by atoms with Crippen LogP contribution in [0.5, 0.6) is 11.5 Å². The lowest BCUT2D eigenvalue weighted by Crippen LogP contribution is -2.07. The molecule has 2 aromatic carbocycles. The largest absolute Gasteiger partial charge is 0.497 e. The Hall–Kier alpha value is -1.90. The van der Waals surface area contributed by atoms with Gasteiger partial charge in [0.25, 0.3) is 0 Å². The molecule has 0 saturated heterocycles. The van der Waals surface area contributed by atoms with Gasteiger partial charge in [0.05, 0.1) is 7.11 Å². The minimum Gasteiger partial charge on any atom is -0.497 e. The Kier molecular flexibility index (Phi) is 3.71. The van der Waals surface area contributed by atoms with Gasteiger partial charge < -0.3 is 9.47 Å². The van der Waals surface area contributed by atoms with Crippen molar-refractivity contribution in [2.75, 3.05) is 7.11 Å². The predicted octanol–water partition coefficient (Wildman–Crippen LogP) is 2.07. The molecule has 0 bridgehead atoms. The summed E-state index contributed by atoms with van der Waals surface area (Å²) in [6, 6.07) is 15.4. The zero-order chi connectivity index (χ0) is 12.1. The molecule has 2 aromatic rings. The van der Waals surface area contributed by atoms with Crippen molar-refractivity contribution in [3.05, 3.63) is 54.1 Å². The lowest BCUT2D eigenvalue weighted by atomic mass is 9.95. The third-order valence-electron chi connectivity index (χ3n) is 2.45. The highest BCUT2D eigenvalue weighted by Gasteiger charge is 2.01. The smallest absolute Gasteiger partial charge is 0.123 e. The molecular formula is C14H13BO2. The summed E-state index contributed by atoms with van der Waals surface area (Å²) in [7, 11) is 7.32. The van der Waals surface area contributed by atoms with Crippen LogP contribution in [0, 0.1) is 0 Å². The van der Waals surface area contributed by atoms with Gasteiger partial charge in [0.2, 0.25) is 0 Å². The maximum atomic E-state index is 5.73. The first-order chi connectivity index (χ1) is 8.29. The molecule has 0 heterocycles. The van der Waals surface area contributed by atoms with Crippen LogP contribution in [-0.4, -0.2) is 15.0 Å². The SMILES string of the molecule is [B]c1ccc(OCc2ccccc2)cc1OC. The predicted molar refractivity (Wildman–Crippen MR) is 69.2 cm³/mol. The van der Waals surface area contributed by atoms with Gasteiger partial charge in [-0.2, -0.15) is 0 Å². The molecule has 0 aliphatic heterocycles. The van der Waals surface area contributed by atoms with Crippen LogP contribution in [0.3, 0.4) is 0 Å². The molecule has 0 amide bonds. The molecule has 3 heteroatoms. The van der Waals surface area contributed by atoms with Crippen LogP contribution in [0.1, 0.15) is 5.56 Å². The van der Waals surface area contributed by atoms with Gasteiger partial charge in [-0.25, -0.2) is 0 Å². The summed E-state index contributed by atoms with van der Waals surface area (Å²) in [5.41, 5.74) is 1.74. The minimum absolute atomic E-state index is 0.536. The topological polar surface area (TPSA) is 18.5 Å². The van der Waals surface area contributed by atoms with Crippen molar-refractivity contribution < 1.29 is 9.47 Å². The zero-order valence-electron chi connectivity index (χ0n) is 9.72. The second kappa shape index (κ2) is 5.44. The third-order valence-corrected chi connectivity index (χ3v) is 2.45. The summed E-state index contributed by atoms with van der Waals surface area (Å²) in [6.07, 6.45) is 0. The third kappa shape index (κ3) is 3.03. The van der Waals surface area contributed by atoms with Crippen LogP contribution < -0.4 is 14.9 Å². The highest BCUT2D eigenvalue weighted by atomic mass is 16.5. The van der Waals surface area contributed by atoms with E-state index in [-0.39, 0.29) is 0 Å². The molecule has 84 valence electrons. The van der Waals surface area contributed by atoms with Crippen molar-refractivity contribution in [3.8, 4) is 11.5 Å². The molecule has 0 fully saturated rings. The fraction of sp³-hybridized carbons (Fsp3) is 0.143. The molecule has 0 atom stereocenters. The van der Waals surface area contributed by atoms with Gasteiger partial charge in [-0.1, -0.05) is 41.9 Å². The lowest BCUT2D eigenvalue weighted by Gasteiger charge is -2.09. The number of hydrogen-bond donors (Lipinski definition) is 0. The van der Waals surface area contributed by atoms with E-state index in [1.54, 1.807) is 19.2 Å². The van der Waals surface area contributed by atoms with E-state index in [1.807, 2.05) is 36.4 Å². The van der Waals surface area contributed by atoms with Gasteiger partial charge in [-0.3, -0.25) is 0 Å². The maximum Gasteiger partial charge on any atom is 0.123 e. The van der Waals surface area contributed by atoms with Gasteiger partial charge in [0.1, 0.15) is 26.0 Å². The Morgan fingerprint density at radius 3 is 2.53 bits per heavy atom. The van der Waals surface area contributed by atoms with E-state index >= 15 is 0 Å². The van der Waals surface area contributed by atoms with Crippen LogP contribution in [0.2, 0.25) is 0 Å². The van der Waals surface area contributed by atoms with Crippen molar-refractivity contribution in [1.29, 1.82) is 0 Å². The molecule has 0 spiro atoms.